The standard InChI is InChI=1S/C26H41ClO8Si.C14H29BrO4Si.C11H26O3Si.C3H4Br2O.CH4BrPS.CH5OPS/c1-24(2,21(29)35-36(7,8)33-6)18-25(3,22(30)34-15-14-28)16-20(19-12-10-9-11-13-19)17-26(4,27)23(31)32-5;1-5-6-9-19-20(3,4)12-7-8-17-10-11-18-14(16)13(2)15;1-4-5-9-14-15(2,3)11-6-8-13-10-7-12;1-2(4)3(5)6;2*2-3-1-4/h9-13,20,28H,14-18H2,1-8H3;13H,5-12H2,1-4H3;12H,4-11H2,1-3H3;2H,1H3;3-4H,1H2;2-4H,1H2/i/hD2. The van der Waals surface area contributed by atoms with Crippen molar-refractivity contribution < 1.29 is 80.5 Å². The van der Waals surface area contributed by atoms with Gasteiger partial charge in [-0.15, -0.1) is 11.6 Å². The molecule has 7 atom stereocenters. The number of methoxy groups -OCH3 is 1. The molecule has 0 aliphatic heterocycles. The van der Waals surface area contributed by atoms with Crippen molar-refractivity contribution >= 4 is 170 Å². The summed E-state index contributed by atoms with van der Waals surface area (Å²) in [6.45, 7) is 31.2. The van der Waals surface area contributed by atoms with Gasteiger partial charge in [0.2, 0.25) is 4.69 Å². The summed E-state index contributed by atoms with van der Waals surface area (Å²) in [6.07, 6.45) is 7.24. The van der Waals surface area contributed by atoms with Crippen molar-refractivity contribution in [2.75, 3.05) is 91.3 Å². The van der Waals surface area contributed by atoms with Crippen LogP contribution in [0.4, 0.5) is 0 Å². The second kappa shape index (κ2) is 56.4. The average molecular weight is 1620 g/mol. The van der Waals surface area contributed by atoms with E-state index in [0.717, 1.165) is 101 Å². The topological polar surface area (TPSA) is 229 Å². The fourth-order valence-corrected chi connectivity index (χ4v) is 12.1. The van der Waals surface area contributed by atoms with E-state index in [4.69, 9.17) is 65.2 Å². The van der Waals surface area contributed by atoms with Gasteiger partial charge in [-0.05, 0) is 173 Å². The van der Waals surface area contributed by atoms with Crippen molar-refractivity contribution in [2.24, 2.45) is 10.8 Å². The maximum atomic E-state index is 13.4. The first-order chi connectivity index (χ1) is 40.5. The molecule has 0 saturated heterocycles. The lowest BCUT2D eigenvalue weighted by atomic mass is 9.67. The predicted octanol–water partition coefficient (Wildman–Crippen LogP) is 14.7. The Kier molecular flexibility index (Phi) is 59.8. The first kappa shape index (κ1) is 90.1. The summed E-state index contributed by atoms with van der Waals surface area (Å²) in [5, 5.41) is 17.8. The lowest BCUT2D eigenvalue weighted by molar-refractivity contribution is -0.162. The Balaban J connectivity index is -0.000000367. The molecule has 0 radical (unpaired) electrons. The molecule has 29 heteroatoms. The van der Waals surface area contributed by atoms with Crippen LogP contribution in [0.15, 0.2) is 30.3 Å². The minimum atomic E-state index is -2.67. The maximum Gasteiger partial charge on any atom is 0.394 e. The normalized spacial score (nSPS) is 14.4. The van der Waals surface area contributed by atoms with Crippen molar-refractivity contribution in [2.45, 2.75) is 185 Å². The minimum Gasteiger partial charge on any atom is -0.494 e. The van der Waals surface area contributed by atoms with E-state index in [1.54, 1.807) is 54.6 Å². The number of thiol groups is 2. The monoisotopic (exact) mass is 1620 g/mol. The maximum absolute atomic E-state index is 13.4. The summed E-state index contributed by atoms with van der Waals surface area (Å²) >= 11 is 20.8. The zero-order chi connectivity index (χ0) is 68.2. The second-order valence-electron chi connectivity index (χ2n) is 22.0. The molecular formula is C56H109Br4ClO17P2S2Si3. The van der Waals surface area contributed by atoms with Gasteiger partial charge in [-0.1, -0.05) is 104 Å². The van der Waals surface area contributed by atoms with Crippen LogP contribution in [-0.4, -0.2) is 177 Å². The molecule has 0 heterocycles. The van der Waals surface area contributed by atoms with Crippen LogP contribution in [0.25, 0.3) is 0 Å². The number of esters is 3. The molecular weight excluding hydrogens is 1510 g/mol. The van der Waals surface area contributed by atoms with Gasteiger partial charge >= 0.3 is 26.5 Å². The number of alkyl halides is 3. The van der Waals surface area contributed by atoms with Crippen LogP contribution >= 0.6 is 116 Å². The molecule has 1 aromatic carbocycles. The van der Waals surface area contributed by atoms with Gasteiger partial charge in [-0.3, -0.25) is 24.0 Å². The summed E-state index contributed by atoms with van der Waals surface area (Å²) in [4.78, 5) is 66.3. The summed E-state index contributed by atoms with van der Waals surface area (Å²) in [5.41, 5.74) is 0.103. The van der Waals surface area contributed by atoms with E-state index >= 15 is 0 Å². The average Bonchev–Trinajstić information content (AvgIpc) is 1.81. The van der Waals surface area contributed by atoms with Crippen molar-refractivity contribution in [3.63, 3.8) is 0 Å². The highest BCUT2D eigenvalue weighted by molar-refractivity contribution is 9.37. The van der Waals surface area contributed by atoms with Gasteiger partial charge in [-0.2, -0.15) is 25.1 Å². The van der Waals surface area contributed by atoms with Crippen LogP contribution in [0.1, 0.15) is 125 Å². The van der Waals surface area contributed by atoms with Gasteiger partial charge in [0.25, 0.3) is 5.97 Å². The number of hydrogen-bond donors (Lipinski definition) is 5. The molecule has 0 amide bonds. The highest BCUT2D eigenvalue weighted by atomic mass is 79.9. The molecule has 85 heavy (non-hydrogen) atoms. The largest absolute Gasteiger partial charge is 0.494 e. The van der Waals surface area contributed by atoms with Crippen LogP contribution in [0.3, 0.4) is 0 Å². The van der Waals surface area contributed by atoms with E-state index in [-0.39, 0.29) is 74.1 Å². The number of aliphatic hydroxyl groups is 2. The lowest BCUT2D eigenvalue weighted by Crippen LogP contribution is -2.45. The van der Waals surface area contributed by atoms with Gasteiger partial charge in [0.15, 0.2) is 16.6 Å². The highest BCUT2D eigenvalue weighted by Crippen LogP contribution is 2.46. The molecule has 0 aromatic heterocycles. The van der Waals surface area contributed by atoms with Gasteiger partial charge < -0.3 is 56.5 Å². The summed E-state index contributed by atoms with van der Waals surface area (Å²) in [6, 6.07) is 11.7. The third kappa shape index (κ3) is 56.2. The third-order valence-corrected chi connectivity index (χ3v) is 24.0. The Morgan fingerprint density at radius 1 is 0.694 bits per heavy atom. The van der Waals surface area contributed by atoms with Crippen LogP contribution in [0, 0.1) is 10.8 Å². The number of aliphatic hydroxyl groups excluding tert-OH is 2. The van der Waals surface area contributed by atoms with E-state index in [0.29, 0.717) is 31.9 Å². The van der Waals surface area contributed by atoms with Crippen LogP contribution in [-0.2, 0) is 65.4 Å². The zero-order valence-corrected chi connectivity index (χ0v) is 67.4. The molecule has 0 fully saturated rings. The van der Waals surface area contributed by atoms with Crippen LogP contribution in [0.2, 0.25) is 51.4 Å². The lowest BCUT2D eigenvalue weighted by Gasteiger charge is -2.38. The molecule has 0 saturated carbocycles. The van der Waals surface area contributed by atoms with Crippen molar-refractivity contribution in [3.05, 3.63) is 35.9 Å². The SMILES string of the molecule is CC(Br)C(=O)Br.CCCCO[Si](C)(C)CCCOCCO.CCCCO[Si](C)(C)CCCOCCOC(=O)C(C)Br.COC(=O)C(C)(Cl)CC(CC(C)(CC(C)(C)C(=O)O[Si](C)(C)OC)C(=O)OCCO)c1ccccc1.[2H]SCPBr.[2H]SCPO. The molecule has 0 spiro atoms. The van der Waals surface area contributed by atoms with E-state index in [9.17, 15) is 29.1 Å². The van der Waals surface area contributed by atoms with E-state index in [1.165, 1.54) is 27.1 Å². The molecule has 1 rings (SSSR count). The highest BCUT2D eigenvalue weighted by Gasteiger charge is 2.48. The van der Waals surface area contributed by atoms with Crippen molar-refractivity contribution in [1.29, 1.82) is 2.25 Å². The predicted molar refractivity (Wildman–Crippen MR) is 381 cm³/mol. The van der Waals surface area contributed by atoms with E-state index < -0.39 is 58.8 Å². The number of rotatable bonds is 41. The molecule has 17 nitrogen and oxygen atoms in total. The van der Waals surface area contributed by atoms with Gasteiger partial charge in [0, 0.05) is 53.3 Å². The number of carbonyl (C=O) groups is 5. The molecule has 1 aromatic rings. The van der Waals surface area contributed by atoms with E-state index in [2.05, 4.69) is 103 Å². The summed E-state index contributed by atoms with van der Waals surface area (Å²) in [5.74, 6) is -2.21. The van der Waals surface area contributed by atoms with Gasteiger partial charge in [0.1, 0.15) is 25.2 Å². The number of ether oxygens (including phenoxy) is 5. The molecule has 0 aliphatic rings. The summed E-state index contributed by atoms with van der Waals surface area (Å²) in [7, 11) is -2.18. The molecule has 3 N–H and O–H groups in total. The Labute approximate surface area is 570 Å². The smallest absolute Gasteiger partial charge is 0.394 e. The number of carbonyl (C=O) groups excluding carboxylic acids is 5. The Bertz CT molecular complexity index is 1890. The molecule has 0 aliphatic carbocycles. The molecule has 504 valence electrons. The fraction of sp³-hybridized carbons (Fsp3) is 0.804. The number of benzene rings is 1. The Hall–Kier alpha value is 0.871. The zero-order valence-electron chi connectivity index (χ0n) is 55.6. The Morgan fingerprint density at radius 2 is 1.19 bits per heavy atom. The van der Waals surface area contributed by atoms with Crippen molar-refractivity contribution in [3.8, 4) is 0 Å². The number of halogens is 5. The van der Waals surface area contributed by atoms with E-state index in [1.807, 2.05) is 30.3 Å². The van der Waals surface area contributed by atoms with Crippen LogP contribution < -0.4 is 0 Å². The first-order valence-electron chi connectivity index (χ1n) is 29.3. The first-order valence-corrected chi connectivity index (χ1v) is 46.3. The molecule has 7 unspecified atom stereocenters. The molecule has 0 bridgehead atoms. The fourth-order valence-electron chi connectivity index (χ4n) is 7.24. The van der Waals surface area contributed by atoms with Gasteiger partial charge in [0.05, 0.1) is 49.2 Å². The second-order valence-corrected chi connectivity index (χ2v) is 43.0. The number of hydrogen-bond acceptors (Lipinski definition) is 19. The van der Waals surface area contributed by atoms with Gasteiger partial charge in [-0.25, -0.2) is 0 Å². The third-order valence-electron chi connectivity index (χ3n) is 11.8. The van der Waals surface area contributed by atoms with Crippen LogP contribution in [0.5, 0.6) is 0 Å². The Morgan fingerprint density at radius 3 is 1.56 bits per heavy atom. The minimum absolute atomic E-state index is 0.0116. The number of unbranched alkanes of at least 4 members (excludes halogenated alkanes) is 2. The summed E-state index contributed by atoms with van der Waals surface area (Å²) < 4.78 is 61.7. The van der Waals surface area contributed by atoms with Crippen molar-refractivity contribution in [1.82, 2.24) is 0 Å². The quantitative estimate of drug-likeness (QED) is 0.00600.